The van der Waals surface area contributed by atoms with E-state index in [-0.39, 0.29) is 4.90 Å². The van der Waals surface area contributed by atoms with Crippen molar-refractivity contribution in [2.45, 2.75) is 4.90 Å². The van der Waals surface area contributed by atoms with E-state index in [0.29, 0.717) is 37.4 Å². The molecule has 4 aromatic rings. The molecule has 1 aliphatic rings. The van der Waals surface area contributed by atoms with Crippen LogP contribution < -0.4 is 4.90 Å². The third-order valence-electron chi connectivity index (χ3n) is 5.50. The van der Waals surface area contributed by atoms with Crippen LogP contribution in [-0.2, 0) is 10.0 Å². The minimum atomic E-state index is -3.62. The summed E-state index contributed by atoms with van der Waals surface area (Å²) in [7, 11) is -3.62. The number of nitrogens with zero attached hydrogens (tertiary/aromatic N) is 7. The van der Waals surface area contributed by atoms with Crippen LogP contribution in [0.3, 0.4) is 0 Å². The Bertz CT molecular complexity index is 1400. The second-order valence-corrected chi connectivity index (χ2v) is 9.29. The smallest absolute Gasteiger partial charge is 0.243 e. The lowest BCUT2D eigenvalue weighted by Gasteiger charge is -2.34. The molecule has 1 saturated heterocycles. The molecule has 0 amide bonds. The van der Waals surface area contributed by atoms with E-state index in [1.54, 1.807) is 10.9 Å². The summed E-state index contributed by atoms with van der Waals surface area (Å²) < 4.78 is 29.2. The maximum Gasteiger partial charge on any atom is 0.243 e. The molecule has 10 heteroatoms. The van der Waals surface area contributed by atoms with Crippen LogP contribution in [-0.4, -0.2) is 58.7 Å². The highest BCUT2D eigenvalue weighted by Crippen LogP contribution is 2.26. The summed E-state index contributed by atoms with van der Waals surface area (Å²) >= 11 is 0. The van der Waals surface area contributed by atoms with Crippen LogP contribution >= 0.6 is 0 Å². The van der Waals surface area contributed by atoms with Gasteiger partial charge in [-0.2, -0.15) is 14.7 Å². The van der Waals surface area contributed by atoms with Crippen LogP contribution in [0.4, 0.5) is 5.82 Å². The van der Waals surface area contributed by atoms with Crippen LogP contribution in [0.25, 0.3) is 16.7 Å². The van der Waals surface area contributed by atoms with Gasteiger partial charge in [-0.1, -0.05) is 18.2 Å². The molecule has 0 radical (unpaired) electrons. The van der Waals surface area contributed by atoms with Crippen molar-refractivity contribution in [1.82, 2.24) is 24.1 Å². The van der Waals surface area contributed by atoms with Gasteiger partial charge in [0.1, 0.15) is 12.1 Å². The maximum absolute atomic E-state index is 13.0. The van der Waals surface area contributed by atoms with Gasteiger partial charge in [-0.15, -0.1) is 0 Å². The molecule has 9 nitrogen and oxygen atoms in total. The van der Waals surface area contributed by atoms with Gasteiger partial charge in [0.2, 0.25) is 10.0 Å². The molecule has 0 bridgehead atoms. The number of rotatable bonds is 4. The first-order valence-corrected chi connectivity index (χ1v) is 11.5. The summed E-state index contributed by atoms with van der Waals surface area (Å²) in [5.74, 6) is 0.743. The predicted molar refractivity (Wildman–Crippen MR) is 119 cm³/mol. The van der Waals surface area contributed by atoms with E-state index in [4.69, 9.17) is 5.26 Å². The van der Waals surface area contributed by atoms with Gasteiger partial charge in [0.05, 0.1) is 33.8 Å². The van der Waals surface area contributed by atoms with Crippen LogP contribution in [0.1, 0.15) is 5.56 Å². The number of hydrogen-bond acceptors (Lipinski definition) is 7. The highest BCUT2D eigenvalue weighted by Gasteiger charge is 2.29. The SMILES string of the molecule is N#Cc1ccc(S(=O)(=O)N2CCN(c3ncnc4c3cnn4-c3ccccc3)CC2)cc1. The summed E-state index contributed by atoms with van der Waals surface area (Å²) in [6, 6.07) is 17.7. The molecular weight excluding hydrogens is 426 g/mol. The molecular formula is C22H19N7O2S. The van der Waals surface area contributed by atoms with Crippen molar-refractivity contribution in [3.05, 3.63) is 72.7 Å². The molecule has 0 aliphatic carbocycles. The molecule has 0 N–H and O–H groups in total. The summed E-state index contributed by atoms with van der Waals surface area (Å²) in [6.45, 7) is 1.66. The van der Waals surface area contributed by atoms with E-state index >= 15 is 0 Å². The van der Waals surface area contributed by atoms with Gasteiger partial charge in [-0.05, 0) is 36.4 Å². The Morgan fingerprint density at radius 1 is 0.906 bits per heavy atom. The lowest BCUT2D eigenvalue weighted by atomic mass is 10.2. The first kappa shape index (κ1) is 20.1. The topological polar surface area (TPSA) is 108 Å². The summed E-state index contributed by atoms with van der Waals surface area (Å²) in [4.78, 5) is 11.1. The molecule has 3 heterocycles. The molecule has 2 aromatic carbocycles. The third kappa shape index (κ3) is 3.47. The van der Waals surface area contributed by atoms with Crippen molar-refractivity contribution in [2.24, 2.45) is 0 Å². The van der Waals surface area contributed by atoms with Crippen molar-refractivity contribution < 1.29 is 8.42 Å². The normalized spacial score (nSPS) is 15.0. The Kier molecular flexibility index (Phi) is 5.05. The van der Waals surface area contributed by atoms with Crippen LogP contribution in [0.5, 0.6) is 0 Å². The molecule has 1 fully saturated rings. The van der Waals surface area contributed by atoms with Crippen LogP contribution in [0, 0.1) is 11.3 Å². The fourth-order valence-electron chi connectivity index (χ4n) is 3.83. The predicted octanol–water partition coefficient (Wildman–Crippen LogP) is 2.20. The molecule has 160 valence electrons. The number of piperazine rings is 1. The summed E-state index contributed by atoms with van der Waals surface area (Å²) in [6.07, 6.45) is 3.26. The van der Waals surface area contributed by atoms with Gasteiger partial charge in [0, 0.05) is 26.2 Å². The Balaban J connectivity index is 1.37. The number of sulfonamides is 1. The molecule has 5 rings (SSSR count). The Morgan fingerprint density at radius 3 is 2.31 bits per heavy atom. The number of fused-ring (bicyclic) bond motifs is 1. The second-order valence-electron chi connectivity index (χ2n) is 7.35. The fraction of sp³-hybridized carbons (Fsp3) is 0.182. The molecule has 0 unspecified atom stereocenters. The maximum atomic E-state index is 13.0. The largest absolute Gasteiger partial charge is 0.353 e. The zero-order valence-electron chi connectivity index (χ0n) is 17.0. The van der Waals surface area contributed by atoms with Crippen LogP contribution in [0.2, 0.25) is 0 Å². The number of benzene rings is 2. The average molecular weight is 446 g/mol. The summed E-state index contributed by atoms with van der Waals surface area (Å²) in [5.41, 5.74) is 2.04. The number of anilines is 1. The molecule has 2 aromatic heterocycles. The van der Waals surface area contributed by atoms with Gasteiger partial charge < -0.3 is 4.90 Å². The first-order valence-electron chi connectivity index (χ1n) is 10.1. The minimum Gasteiger partial charge on any atom is -0.353 e. The van der Waals surface area contributed by atoms with Crippen molar-refractivity contribution in [3.63, 3.8) is 0 Å². The third-order valence-corrected chi connectivity index (χ3v) is 7.42. The Hall–Kier alpha value is -3.81. The van der Waals surface area contributed by atoms with E-state index in [0.717, 1.165) is 16.9 Å². The number of para-hydroxylation sites is 1. The highest BCUT2D eigenvalue weighted by atomic mass is 32.2. The molecule has 1 aliphatic heterocycles. The van der Waals surface area contributed by atoms with Crippen molar-refractivity contribution in [1.29, 1.82) is 5.26 Å². The zero-order chi connectivity index (χ0) is 22.1. The molecule has 32 heavy (non-hydrogen) atoms. The minimum absolute atomic E-state index is 0.193. The quantitative estimate of drug-likeness (QED) is 0.474. The fourth-order valence-corrected chi connectivity index (χ4v) is 5.25. The highest BCUT2D eigenvalue weighted by molar-refractivity contribution is 7.89. The average Bonchev–Trinajstić information content (AvgIpc) is 3.29. The van der Waals surface area contributed by atoms with Crippen molar-refractivity contribution in [3.8, 4) is 11.8 Å². The second kappa shape index (κ2) is 8.03. The Morgan fingerprint density at radius 2 is 1.62 bits per heavy atom. The van der Waals surface area contributed by atoms with Crippen molar-refractivity contribution in [2.75, 3.05) is 31.1 Å². The van der Waals surface area contributed by atoms with E-state index in [9.17, 15) is 8.42 Å². The van der Waals surface area contributed by atoms with E-state index in [2.05, 4.69) is 20.0 Å². The standard InChI is InChI=1S/C22H19N7O2S/c23-14-17-6-8-19(9-7-17)32(30,31)28-12-10-27(11-13-28)21-20-15-26-29(22(20)25-16-24-21)18-4-2-1-3-5-18/h1-9,15-16H,10-13H2. The number of nitriles is 1. The molecule has 0 spiro atoms. The van der Waals surface area contributed by atoms with Gasteiger partial charge in [0.15, 0.2) is 5.65 Å². The van der Waals surface area contributed by atoms with Gasteiger partial charge >= 0.3 is 0 Å². The Labute approximate surface area is 185 Å². The zero-order valence-corrected chi connectivity index (χ0v) is 17.9. The number of aromatic nitrogens is 4. The lowest BCUT2D eigenvalue weighted by Crippen LogP contribution is -2.49. The van der Waals surface area contributed by atoms with Crippen molar-refractivity contribution >= 4 is 26.9 Å². The van der Waals surface area contributed by atoms with Crippen LogP contribution in [0.15, 0.2) is 72.0 Å². The van der Waals surface area contributed by atoms with E-state index in [1.165, 1.54) is 34.9 Å². The number of hydrogen-bond donors (Lipinski definition) is 0. The van der Waals surface area contributed by atoms with Gasteiger partial charge in [-0.3, -0.25) is 0 Å². The lowest BCUT2D eigenvalue weighted by molar-refractivity contribution is 0.384. The monoisotopic (exact) mass is 445 g/mol. The molecule has 0 atom stereocenters. The summed E-state index contributed by atoms with van der Waals surface area (Å²) in [5, 5.41) is 14.2. The van der Waals surface area contributed by atoms with Gasteiger partial charge in [0.25, 0.3) is 0 Å². The van der Waals surface area contributed by atoms with Gasteiger partial charge in [-0.25, -0.2) is 23.1 Å². The van der Waals surface area contributed by atoms with E-state index in [1.807, 2.05) is 36.4 Å². The van der Waals surface area contributed by atoms with E-state index < -0.39 is 10.0 Å². The molecule has 0 saturated carbocycles. The first-order chi connectivity index (χ1) is 15.6.